The monoisotopic (exact) mass is 483 g/mol. The van der Waals surface area contributed by atoms with Crippen molar-refractivity contribution in [3.8, 4) is 11.5 Å². The molecule has 1 N–H and O–H groups in total. The molecule has 0 saturated carbocycles. The second-order valence-corrected chi connectivity index (χ2v) is 9.21. The number of para-hydroxylation sites is 2. The number of rotatable bonds is 10. The highest BCUT2D eigenvalue weighted by Gasteiger charge is 2.24. The van der Waals surface area contributed by atoms with E-state index in [0.717, 1.165) is 0 Å². The van der Waals surface area contributed by atoms with Gasteiger partial charge in [-0.05, 0) is 30.3 Å². The van der Waals surface area contributed by atoms with Gasteiger partial charge in [0, 0.05) is 24.7 Å². The number of nitrogens with one attached hydrogen (secondary N) is 1. The number of nitro groups is 1. The van der Waals surface area contributed by atoms with Crippen LogP contribution in [-0.4, -0.2) is 36.6 Å². The molecule has 3 rings (SSSR count). The Kier molecular flexibility index (Phi) is 7.98. The molecule has 0 spiro atoms. The molecule has 9 nitrogen and oxygen atoms in total. The maximum Gasteiger partial charge on any atom is 0.273 e. The largest absolute Gasteiger partial charge is 0.455 e. The number of carbonyl (C=O) groups excluding carboxylic acids is 1. The highest BCUT2D eigenvalue weighted by atomic mass is 32.2. The summed E-state index contributed by atoms with van der Waals surface area (Å²) < 4.78 is 33.2. The van der Waals surface area contributed by atoms with E-state index < -0.39 is 20.9 Å². The van der Waals surface area contributed by atoms with Crippen molar-refractivity contribution in [2.75, 3.05) is 18.4 Å². The lowest BCUT2D eigenvalue weighted by Crippen LogP contribution is -2.30. The fourth-order valence-electron chi connectivity index (χ4n) is 3.39. The molecule has 0 unspecified atom stereocenters. The zero-order valence-corrected chi connectivity index (χ0v) is 19.6. The summed E-state index contributed by atoms with van der Waals surface area (Å²) in [6.07, 6.45) is -0.269. The maximum atomic E-state index is 13.0. The number of anilines is 1. The number of ether oxygens (including phenoxy) is 1. The Morgan fingerprint density at radius 2 is 1.65 bits per heavy atom. The number of benzene rings is 3. The highest BCUT2D eigenvalue weighted by Crippen LogP contribution is 2.33. The van der Waals surface area contributed by atoms with E-state index in [1.165, 1.54) is 40.7 Å². The molecule has 0 aromatic heterocycles. The Morgan fingerprint density at radius 3 is 2.29 bits per heavy atom. The van der Waals surface area contributed by atoms with Crippen LogP contribution < -0.4 is 10.1 Å². The zero-order valence-electron chi connectivity index (χ0n) is 18.8. The minimum Gasteiger partial charge on any atom is -0.455 e. The molecule has 3 aromatic carbocycles. The summed E-state index contributed by atoms with van der Waals surface area (Å²) in [5.74, 6) is 0.182. The lowest BCUT2D eigenvalue weighted by atomic mass is 10.1. The van der Waals surface area contributed by atoms with Crippen molar-refractivity contribution in [3.05, 3.63) is 88.5 Å². The fraction of sp³-hybridized carbons (Fsp3) is 0.208. The van der Waals surface area contributed by atoms with E-state index in [-0.39, 0.29) is 34.0 Å². The standard InChI is InChI=1S/C24H25N3O6S/c1-3-26(4-2)34(31,32)20-14-15-23(33-19-11-6-5-7-12-19)21(17-20)25-24(28)16-18-10-8-9-13-22(18)27(29)30/h5-15,17H,3-4,16H2,1-2H3,(H,25,28). The quantitative estimate of drug-likeness (QED) is 0.333. The van der Waals surface area contributed by atoms with Crippen molar-refractivity contribution in [2.45, 2.75) is 25.2 Å². The molecule has 178 valence electrons. The summed E-state index contributed by atoms with van der Waals surface area (Å²) in [5, 5.41) is 13.9. The summed E-state index contributed by atoms with van der Waals surface area (Å²) in [4.78, 5) is 23.5. The Morgan fingerprint density at radius 1 is 1.00 bits per heavy atom. The highest BCUT2D eigenvalue weighted by molar-refractivity contribution is 7.89. The van der Waals surface area contributed by atoms with Crippen LogP contribution in [0, 0.1) is 10.1 Å². The number of hydrogen-bond donors (Lipinski definition) is 1. The van der Waals surface area contributed by atoms with Crippen LogP contribution in [0.1, 0.15) is 19.4 Å². The molecule has 0 fully saturated rings. The first-order valence-corrected chi connectivity index (χ1v) is 12.1. The first kappa shape index (κ1) is 24.9. The number of nitro benzene ring substituents is 1. The van der Waals surface area contributed by atoms with Gasteiger partial charge in [0.2, 0.25) is 15.9 Å². The van der Waals surface area contributed by atoms with Gasteiger partial charge in [0.05, 0.1) is 21.9 Å². The van der Waals surface area contributed by atoms with Crippen LogP contribution in [0.25, 0.3) is 0 Å². The van der Waals surface area contributed by atoms with E-state index in [2.05, 4.69) is 5.32 Å². The van der Waals surface area contributed by atoms with Gasteiger partial charge in [0.1, 0.15) is 5.75 Å². The third-order valence-corrected chi connectivity index (χ3v) is 7.12. The van der Waals surface area contributed by atoms with Gasteiger partial charge < -0.3 is 10.1 Å². The van der Waals surface area contributed by atoms with E-state index in [9.17, 15) is 23.3 Å². The van der Waals surface area contributed by atoms with Gasteiger partial charge in [-0.25, -0.2) is 8.42 Å². The van der Waals surface area contributed by atoms with Crippen LogP contribution in [-0.2, 0) is 21.2 Å². The molecule has 1 amide bonds. The lowest BCUT2D eigenvalue weighted by Gasteiger charge is -2.20. The molecule has 0 aliphatic heterocycles. The zero-order chi connectivity index (χ0) is 24.7. The van der Waals surface area contributed by atoms with E-state index in [4.69, 9.17) is 4.74 Å². The maximum absolute atomic E-state index is 13.0. The molecule has 0 radical (unpaired) electrons. The number of nitrogens with zero attached hydrogens (tertiary/aromatic N) is 2. The predicted molar refractivity (Wildman–Crippen MR) is 128 cm³/mol. The van der Waals surface area contributed by atoms with Gasteiger partial charge in [-0.15, -0.1) is 0 Å². The van der Waals surface area contributed by atoms with E-state index in [1.54, 1.807) is 44.2 Å². The van der Waals surface area contributed by atoms with Crippen molar-refractivity contribution < 1.29 is 22.9 Å². The average molecular weight is 484 g/mol. The van der Waals surface area contributed by atoms with Crippen molar-refractivity contribution in [3.63, 3.8) is 0 Å². The number of amides is 1. The summed E-state index contributed by atoms with van der Waals surface area (Å²) in [6.45, 7) is 4.06. The second-order valence-electron chi connectivity index (χ2n) is 7.27. The van der Waals surface area contributed by atoms with Gasteiger partial charge in [0.25, 0.3) is 5.69 Å². The summed E-state index contributed by atoms with van der Waals surface area (Å²) in [5.41, 5.74) is 0.208. The molecule has 0 heterocycles. The van der Waals surface area contributed by atoms with Gasteiger partial charge in [0.15, 0.2) is 5.75 Å². The molecule has 0 atom stereocenters. The minimum atomic E-state index is -3.79. The molecule has 0 saturated heterocycles. The Balaban J connectivity index is 1.96. The molecule has 34 heavy (non-hydrogen) atoms. The lowest BCUT2D eigenvalue weighted by molar-refractivity contribution is -0.385. The molecular weight excluding hydrogens is 458 g/mol. The molecule has 3 aromatic rings. The third kappa shape index (κ3) is 5.77. The predicted octanol–water partition coefficient (Wildman–Crippen LogP) is 4.60. The smallest absolute Gasteiger partial charge is 0.273 e. The first-order chi connectivity index (χ1) is 16.3. The van der Waals surface area contributed by atoms with E-state index >= 15 is 0 Å². The normalized spacial score (nSPS) is 11.3. The molecular formula is C24H25N3O6S. The van der Waals surface area contributed by atoms with Gasteiger partial charge in [-0.3, -0.25) is 14.9 Å². The summed E-state index contributed by atoms with van der Waals surface area (Å²) in [7, 11) is -3.79. The van der Waals surface area contributed by atoms with Crippen molar-refractivity contribution in [1.29, 1.82) is 0 Å². The minimum absolute atomic E-state index is 0.00222. The van der Waals surface area contributed by atoms with E-state index in [0.29, 0.717) is 18.8 Å². The molecule has 10 heteroatoms. The number of sulfonamides is 1. The van der Waals surface area contributed by atoms with Crippen LogP contribution in [0.2, 0.25) is 0 Å². The second kappa shape index (κ2) is 10.9. The fourth-order valence-corrected chi connectivity index (χ4v) is 4.87. The molecule has 0 aliphatic carbocycles. The van der Waals surface area contributed by atoms with Crippen molar-refractivity contribution >= 4 is 27.3 Å². The van der Waals surface area contributed by atoms with Gasteiger partial charge in [-0.2, -0.15) is 4.31 Å². The van der Waals surface area contributed by atoms with Crippen molar-refractivity contribution in [1.82, 2.24) is 4.31 Å². The Labute approximate surface area is 198 Å². The third-order valence-electron chi connectivity index (χ3n) is 5.08. The first-order valence-electron chi connectivity index (χ1n) is 10.7. The Hall–Kier alpha value is -3.76. The summed E-state index contributed by atoms with van der Waals surface area (Å²) in [6, 6.07) is 19.0. The number of carbonyl (C=O) groups is 1. The van der Waals surface area contributed by atoms with Crippen LogP contribution >= 0.6 is 0 Å². The Bertz CT molecular complexity index is 1270. The number of hydrogen-bond acceptors (Lipinski definition) is 6. The topological polar surface area (TPSA) is 119 Å². The molecule has 0 bridgehead atoms. The SMILES string of the molecule is CCN(CC)S(=O)(=O)c1ccc(Oc2ccccc2)c(NC(=O)Cc2ccccc2[N+](=O)[O-])c1. The van der Waals surface area contributed by atoms with Crippen LogP contribution in [0.5, 0.6) is 11.5 Å². The summed E-state index contributed by atoms with van der Waals surface area (Å²) >= 11 is 0. The van der Waals surface area contributed by atoms with Crippen LogP contribution in [0.3, 0.4) is 0 Å². The van der Waals surface area contributed by atoms with E-state index in [1.807, 2.05) is 6.07 Å². The van der Waals surface area contributed by atoms with Crippen LogP contribution in [0.15, 0.2) is 77.7 Å². The van der Waals surface area contributed by atoms with Gasteiger partial charge >= 0.3 is 0 Å². The van der Waals surface area contributed by atoms with Gasteiger partial charge in [-0.1, -0.05) is 50.2 Å². The average Bonchev–Trinajstić information content (AvgIpc) is 2.81. The molecule has 0 aliphatic rings. The van der Waals surface area contributed by atoms with Crippen molar-refractivity contribution in [2.24, 2.45) is 0 Å². The van der Waals surface area contributed by atoms with Crippen LogP contribution in [0.4, 0.5) is 11.4 Å².